The highest BCUT2D eigenvalue weighted by Crippen LogP contribution is 2.48. The van der Waals surface area contributed by atoms with Gasteiger partial charge in [0, 0.05) is 23.8 Å². The van der Waals surface area contributed by atoms with Crippen LogP contribution in [0.2, 0.25) is 0 Å². The van der Waals surface area contributed by atoms with Gasteiger partial charge in [0.1, 0.15) is 0 Å². The lowest BCUT2D eigenvalue weighted by molar-refractivity contribution is -0.0381. The van der Waals surface area contributed by atoms with Crippen molar-refractivity contribution in [1.29, 1.82) is 0 Å². The molecule has 0 amide bonds. The maximum atomic E-state index is 6.14. The first kappa shape index (κ1) is 12.9. The first-order valence-corrected chi connectivity index (χ1v) is 7.86. The van der Waals surface area contributed by atoms with E-state index in [0.717, 1.165) is 13.0 Å². The minimum absolute atomic E-state index is 0.238. The van der Waals surface area contributed by atoms with Gasteiger partial charge in [-0.3, -0.25) is 0 Å². The van der Waals surface area contributed by atoms with E-state index < -0.39 is 0 Å². The van der Waals surface area contributed by atoms with Crippen molar-refractivity contribution in [3.8, 4) is 0 Å². The Balaban J connectivity index is 1.76. The number of nitrogens with one attached hydrogen (secondary N) is 1. The van der Waals surface area contributed by atoms with Crippen molar-refractivity contribution in [2.45, 2.75) is 31.9 Å². The summed E-state index contributed by atoms with van der Waals surface area (Å²) in [5.74, 6) is 0.524. The second kappa shape index (κ2) is 5.19. The number of hydrogen-bond donors (Lipinski definition) is 1. The summed E-state index contributed by atoms with van der Waals surface area (Å²) in [7, 11) is 0. The molecule has 1 saturated heterocycles. The van der Waals surface area contributed by atoms with E-state index in [4.69, 9.17) is 4.74 Å². The van der Waals surface area contributed by atoms with Gasteiger partial charge in [0.05, 0.1) is 12.1 Å². The highest BCUT2D eigenvalue weighted by molar-refractivity contribution is 5.57. The predicted octanol–water partition coefficient (Wildman–Crippen LogP) is 4.63. The molecule has 2 nitrogen and oxygen atoms in total. The SMILES string of the molecule is Cc1ccc([C@@H]2Nc3ccccc3[C@@H]3OCCC[C@H]23)cc1. The summed E-state index contributed by atoms with van der Waals surface area (Å²) < 4.78 is 6.14. The van der Waals surface area contributed by atoms with Gasteiger partial charge in [0.15, 0.2) is 0 Å². The fraction of sp³-hybridized carbons (Fsp3) is 0.368. The molecule has 0 saturated carbocycles. The summed E-state index contributed by atoms with van der Waals surface area (Å²) in [5.41, 5.74) is 5.23. The zero-order valence-electron chi connectivity index (χ0n) is 12.4. The van der Waals surface area contributed by atoms with Crippen molar-refractivity contribution in [3.63, 3.8) is 0 Å². The molecule has 0 spiro atoms. The summed E-state index contributed by atoms with van der Waals surface area (Å²) in [6, 6.07) is 17.9. The minimum atomic E-state index is 0.238. The maximum absolute atomic E-state index is 6.14. The highest BCUT2D eigenvalue weighted by Gasteiger charge is 2.39. The molecule has 1 N–H and O–H groups in total. The summed E-state index contributed by atoms with van der Waals surface area (Å²) in [5, 5.41) is 3.75. The van der Waals surface area contributed by atoms with Crippen LogP contribution in [0.15, 0.2) is 48.5 Å². The average Bonchev–Trinajstić information content (AvgIpc) is 2.55. The van der Waals surface area contributed by atoms with Gasteiger partial charge in [-0.2, -0.15) is 0 Å². The van der Waals surface area contributed by atoms with Crippen LogP contribution < -0.4 is 5.32 Å². The Hall–Kier alpha value is -1.80. The van der Waals surface area contributed by atoms with Crippen LogP contribution in [0, 0.1) is 12.8 Å². The molecule has 0 unspecified atom stereocenters. The standard InChI is InChI=1S/C19H21NO/c1-13-8-10-14(11-9-13)18-16-6-4-12-21-19(16)15-5-2-3-7-17(15)20-18/h2-3,5,7-11,16,18-20H,4,6,12H2,1H3/t16-,18+,19+/m1/s1. The molecule has 0 aliphatic carbocycles. The molecule has 21 heavy (non-hydrogen) atoms. The van der Waals surface area contributed by atoms with Crippen molar-refractivity contribution in [2.24, 2.45) is 5.92 Å². The quantitative estimate of drug-likeness (QED) is 0.821. The lowest BCUT2D eigenvalue weighted by atomic mass is 9.77. The van der Waals surface area contributed by atoms with Crippen molar-refractivity contribution in [1.82, 2.24) is 0 Å². The normalized spacial score (nSPS) is 27.4. The molecule has 2 aliphatic rings. The van der Waals surface area contributed by atoms with E-state index in [9.17, 15) is 0 Å². The van der Waals surface area contributed by atoms with Crippen molar-refractivity contribution in [2.75, 3.05) is 11.9 Å². The largest absolute Gasteiger partial charge is 0.378 e. The van der Waals surface area contributed by atoms with Gasteiger partial charge < -0.3 is 10.1 Å². The van der Waals surface area contributed by atoms with Crippen molar-refractivity contribution < 1.29 is 4.74 Å². The number of rotatable bonds is 1. The summed E-state index contributed by atoms with van der Waals surface area (Å²) in [6.07, 6.45) is 2.63. The monoisotopic (exact) mass is 279 g/mol. The van der Waals surface area contributed by atoms with Crippen LogP contribution in [0.5, 0.6) is 0 Å². The molecular formula is C19H21NO. The van der Waals surface area contributed by atoms with Gasteiger partial charge in [-0.1, -0.05) is 48.0 Å². The van der Waals surface area contributed by atoms with Crippen molar-refractivity contribution >= 4 is 5.69 Å². The Morgan fingerprint density at radius 1 is 1.05 bits per heavy atom. The molecule has 0 radical (unpaired) electrons. The van der Waals surface area contributed by atoms with Crippen LogP contribution in [0.3, 0.4) is 0 Å². The van der Waals surface area contributed by atoms with Crippen LogP contribution in [0.4, 0.5) is 5.69 Å². The van der Waals surface area contributed by atoms with Gasteiger partial charge >= 0.3 is 0 Å². The van der Waals surface area contributed by atoms with Gasteiger partial charge in [0.2, 0.25) is 0 Å². The molecule has 4 rings (SSSR count). The molecule has 2 aliphatic heterocycles. The Bertz CT molecular complexity index is 634. The molecule has 2 aromatic carbocycles. The van der Waals surface area contributed by atoms with Crippen LogP contribution >= 0.6 is 0 Å². The van der Waals surface area contributed by atoms with E-state index >= 15 is 0 Å². The number of para-hydroxylation sites is 1. The molecule has 108 valence electrons. The molecule has 1 fully saturated rings. The number of aryl methyl sites for hydroxylation is 1. The lowest BCUT2D eigenvalue weighted by Crippen LogP contribution is -2.35. The fourth-order valence-electron chi connectivity index (χ4n) is 3.72. The second-order valence-electron chi connectivity index (χ2n) is 6.22. The van der Waals surface area contributed by atoms with Crippen LogP contribution in [-0.2, 0) is 4.74 Å². The van der Waals surface area contributed by atoms with E-state index in [2.05, 4.69) is 60.8 Å². The minimum Gasteiger partial charge on any atom is -0.378 e. The van der Waals surface area contributed by atoms with E-state index in [0.29, 0.717) is 12.0 Å². The van der Waals surface area contributed by atoms with Crippen LogP contribution in [0.1, 0.15) is 41.7 Å². The Labute approximate surface area is 126 Å². The van der Waals surface area contributed by atoms with Gasteiger partial charge in [-0.25, -0.2) is 0 Å². The molecule has 2 heterocycles. The third kappa shape index (κ3) is 2.24. The van der Waals surface area contributed by atoms with E-state index in [1.807, 2.05) is 0 Å². The molecule has 2 aromatic rings. The summed E-state index contributed by atoms with van der Waals surface area (Å²) in [4.78, 5) is 0. The zero-order chi connectivity index (χ0) is 14.2. The molecule has 0 aromatic heterocycles. The molecule has 0 bridgehead atoms. The first-order valence-electron chi connectivity index (χ1n) is 7.86. The number of ether oxygens (including phenoxy) is 1. The van der Waals surface area contributed by atoms with Crippen molar-refractivity contribution in [3.05, 3.63) is 65.2 Å². The third-order valence-electron chi connectivity index (χ3n) is 4.81. The van der Waals surface area contributed by atoms with Gasteiger partial charge in [-0.15, -0.1) is 0 Å². The third-order valence-corrected chi connectivity index (χ3v) is 4.81. The van der Waals surface area contributed by atoms with E-state index in [1.165, 1.54) is 28.8 Å². The van der Waals surface area contributed by atoms with Gasteiger partial charge in [-0.05, 0) is 31.4 Å². The van der Waals surface area contributed by atoms with E-state index in [1.54, 1.807) is 0 Å². The molecule has 2 heteroatoms. The number of hydrogen-bond acceptors (Lipinski definition) is 2. The van der Waals surface area contributed by atoms with Gasteiger partial charge in [0.25, 0.3) is 0 Å². The second-order valence-corrected chi connectivity index (χ2v) is 6.22. The van der Waals surface area contributed by atoms with Crippen LogP contribution in [-0.4, -0.2) is 6.61 Å². The molecule has 3 atom stereocenters. The number of anilines is 1. The highest BCUT2D eigenvalue weighted by atomic mass is 16.5. The summed E-state index contributed by atoms with van der Waals surface area (Å²) >= 11 is 0. The fourth-order valence-corrected chi connectivity index (χ4v) is 3.72. The lowest BCUT2D eigenvalue weighted by Gasteiger charge is -2.43. The zero-order valence-corrected chi connectivity index (χ0v) is 12.4. The number of fused-ring (bicyclic) bond motifs is 3. The smallest absolute Gasteiger partial charge is 0.0895 e. The Morgan fingerprint density at radius 3 is 2.71 bits per heavy atom. The predicted molar refractivity (Wildman–Crippen MR) is 85.4 cm³/mol. The maximum Gasteiger partial charge on any atom is 0.0895 e. The Kier molecular flexibility index (Phi) is 3.19. The molecular weight excluding hydrogens is 258 g/mol. The first-order chi connectivity index (χ1) is 10.3. The van der Waals surface area contributed by atoms with Crippen LogP contribution in [0.25, 0.3) is 0 Å². The number of benzene rings is 2. The van der Waals surface area contributed by atoms with E-state index in [-0.39, 0.29) is 6.10 Å². The summed E-state index contributed by atoms with van der Waals surface area (Å²) in [6.45, 7) is 3.02. The average molecular weight is 279 g/mol. The topological polar surface area (TPSA) is 21.3 Å². The Morgan fingerprint density at radius 2 is 1.86 bits per heavy atom.